The smallest absolute Gasteiger partial charge is 0.392 e. The average molecular weight is 496 g/mol. The second-order valence-corrected chi connectivity index (χ2v) is 8.18. The highest BCUT2D eigenvalue weighted by molar-refractivity contribution is 5.97. The number of benzene rings is 1. The minimum absolute atomic E-state index is 0.276. The summed E-state index contributed by atoms with van der Waals surface area (Å²) in [6.45, 7) is 4.33. The Morgan fingerprint density at radius 2 is 1.89 bits per heavy atom. The fourth-order valence-corrected chi connectivity index (χ4v) is 3.81. The van der Waals surface area contributed by atoms with E-state index in [-0.39, 0.29) is 5.91 Å². The number of carbonyl (C=O) groups excluding carboxylic acids is 1. The minimum Gasteiger partial charge on any atom is -0.491 e. The molecule has 192 valence electrons. The number of anilines is 2. The highest BCUT2D eigenvalue weighted by Crippen LogP contribution is 2.30. The lowest BCUT2D eigenvalue weighted by Crippen LogP contribution is -2.47. The molecule has 2 aromatic rings. The molecule has 0 unspecified atom stereocenters. The number of piperazine rings is 1. The molecule has 1 fully saturated rings. The normalized spacial score (nSPS) is 14.6. The number of carbonyl (C=O) groups is 1. The van der Waals surface area contributed by atoms with Gasteiger partial charge >= 0.3 is 6.18 Å². The number of rotatable bonds is 11. The number of hydroxylamine groups is 2. The van der Waals surface area contributed by atoms with Gasteiger partial charge in [-0.25, -0.2) is 10.0 Å². The van der Waals surface area contributed by atoms with E-state index < -0.39 is 19.2 Å². The zero-order chi connectivity index (χ0) is 25.3. The molecule has 1 aliphatic heterocycles. The summed E-state index contributed by atoms with van der Waals surface area (Å²) >= 11 is 0. The Hall–Kier alpha value is -3.05. The summed E-state index contributed by atoms with van der Waals surface area (Å²) in [5, 5.41) is 4.39. The standard InChI is InChI=1S/C24H32F3N5O3/c1-30(34-2)23(33)19-7-5-11-28-22(19)29-12-6-13-31-14-16-32(17-15-31)20-8-3-4-9-21(20)35-18-10-24(25,26)27/h3-5,7-9,11H,6,10,12-18H2,1-2H3,(H,28,29). The first-order valence-corrected chi connectivity index (χ1v) is 11.6. The van der Waals surface area contributed by atoms with Gasteiger partial charge in [-0.15, -0.1) is 0 Å². The summed E-state index contributed by atoms with van der Waals surface area (Å²) in [4.78, 5) is 26.1. The third kappa shape index (κ3) is 8.00. The summed E-state index contributed by atoms with van der Waals surface area (Å²) in [6.07, 6.45) is -2.71. The van der Waals surface area contributed by atoms with Crippen molar-refractivity contribution < 1.29 is 27.5 Å². The zero-order valence-corrected chi connectivity index (χ0v) is 20.1. The first-order valence-electron chi connectivity index (χ1n) is 11.6. The fourth-order valence-electron chi connectivity index (χ4n) is 3.81. The number of amides is 1. The van der Waals surface area contributed by atoms with Gasteiger partial charge in [0.05, 0.1) is 31.4 Å². The van der Waals surface area contributed by atoms with Gasteiger partial charge in [0.1, 0.15) is 11.6 Å². The van der Waals surface area contributed by atoms with Crippen molar-refractivity contribution in [2.24, 2.45) is 0 Å². The molecule has 1 aliphatic rings. The number of nitrogens with one attached hydrogen (secondary N) is 1. The van der Waals surface area contributed by atoms with Crippen molar-refractivity contribution >= 4 is 17.4 Å². The van der Waals surface area contributed by atoms with Gasteiger partial charge in [-0.2, -0.15) is 13.2 Å². The van der Waals surface area contributed by atoms with E-state index in [2.05, 4.69) is 20.1 Å². The van der Waals surface area contributed by atoms with E-state index in [0.29, 0.717) is 23.7 Å². The van der Waals surface area contributed by atoms with Gasteiger partial charge in [0.2, 0.25) is 0 Å². The number of ether oxygens (including phenoxy) is 1. The van der Waals surface area contributed by atoms with Crippen LogP contribution in [0.4, 0.5) is 24.7 Å². The maximum absolute atomic E-state index is 12.5. The molecule has 0 radical (unpaired) electrons. The third-order valence-electron chi connectivity index (χ3n) is 5.76. The number of halogens is 3. The van der Waals surface area contributed by atoms with E-state index in [0.717, 1.165) is 49.9 Å². The molecule has 1 aromatic carbocycles. The molecule has 1 aromatic heterocycles. The van der Waals surface area contributed by atoms with Crippen LogP contribution in [0.5, 0.6) is 5.75 Å². The van der Waals surface area contributed by atoms with Gasteiger partial charge in [-0.05, 0) is 37.2 Å². The molecule has 0 saturated carbocycles. The topological polar surface area (TPSA) is 70.2 Å². The van der Waals surface area contributed by atoms with Crippen LogP contribution in [0, 0.1) is 0 Å². The van der Waals surface area contributed by atoms with Crippen LogP contribution in [0.2, 0.25) is 0 Å². The third-order valence-corrected chi connectivity index (χ3v) is 5.76. The molecule has 35 heavy (non-hydrogen) atoms. The number of aromatic nitrogens is 1. The molecule has 2 heterocycles. The lowest BCUT2D eigenvalue weighted by atomic mass is 10.2. The Bertz CT molecular complexity index is 952. The van der Waals surface area contributed by atoms with Crippen molar-refractivity contribution in [3.8, 4) is 5.75 Å². The van der Waals surface area contributed by atoms with E-state index in [1.807, 2.05) is 12.1 Å². The van der Waals surface area contributed by atoms with E-state index in [1.54, 1.807) is 37.5 Å². The van der Waals surface area contributed by atoms with Crippen LogP contribution < -0.4 is 15.0 Å². The molecule has 0 atom stereocenters. The maximum Gasteiger partial charge on any atom is 0.392 e. The summed E-state index contributed by atoms with van der Waals surface area (Å²) in [6, 6.07) is 10.6. The Morgan fingerprint density at radius 1 is 1.14 bits per heavy atom. The molecule has 0 aliphatic carbocycles. The molecule has 1 N–H and O–H groups in total. The summed E-state index contributed by atoms with van der Waals surface area (Å²) in [5.74, 6) is 0.726. The predicted molar refractivity (Wildman–Crippen MR) is 128 cm³/mol. The number of para-hydroxylation sites is 2. The van der Waals surface area contributed by atoms with E-state index in [9.17, 15) is 18.0 Å². The van der Waals surface area contributed by atoms with Crippen LogP contribution in [0.15, 0.2) is 42.6 Å². The Kier molecular flexibility index (Phi) is 9.55. The zero-order valence-electron chi connectivity index (χ0n) is 20.1. The number of hydrogen-bond acceptors (Lipinski definition) is 7. The van der Waals surface area contributed by atoms with Crippen molar-refractivity contribution in [2.75, 3.05) is 70.2 Å². The number of nitrogens with zero attached hydrogens (tertiary/aromatic N) is 4. The van der Waals surface area contributed by atoms with Crippen molar-refractivity contribution in [3.05, 3.63) is 48.2 Å². The van der Waals surface area contributed by atoms with Gasteiger partial charge in [0.25, 0.3) is 5.91 Å². The van der Waals surface area contributed by atoms with E-state index in [1.165, 1.54) is 7.11 Å². The number of alkyl halides is 3. The highest BCUT2D eigenvalue weighted by Gasteiger charge is 2.27. The van der Waals surface area contributed by atoms with Crippen LogP contribution in [0.1, 0.15) is 23.2 Å². The van der Waals surface area contributed by atoms with E-state index >= 15 is 0 Å². The highest BCUT2D eigenvalue weighted by atomic mass is 19.4. The van der Waals surface area contributed by atoms with Crippen LogP contribution >= 0.6 is 0 Å². The first kappa shape index (κ1) is 26.6. The SMILES string of the molecule is CON(C)C(=O)c1cccnc1NCCCN1CCN(c2ccccc2OCCC(F)(F)F)CC1. The number of hydrogen-bond donors (Lipinski definition) is 1. The molecule has 8 nitrogen and oxygen atoms in total. The van der Waals surface area contributed by atoms with Crippen LogP contribution in [-0.4, -0.2) is 87.1 Å². The van der Waals surface area contributed by atoms with Crippen molar-refractivity contribution in [1.82, 2.24) is 14.9 Å². The lowest BCUT2D eigenvalue weighted by Gasteiger charge is -2.36. The molecule has 0 bridgehead atoms. The molecule has 11 heteroatoms. The molecule has 3 rings (SSSR count). The first-order chi connectivity index (χ1) is 16.8. The van der Waals surface area contributed by atoms with Crippen LogP contribution in [0.25, 0.3) is 0 Å². The van der Waals surface area contributed by atoms with Gasteiger partial charge in [0.15, 0.2) is 0 Å². The monoisotopic (exact) mass is 495 g/mol. The molecule has 1 amide bonds. The average Bonchev–Trinajstić information content (AvgIpc) is 2.86. The summed E-state index contributed by atoms with van der Waals surface area (Å²) in [5.41, 5.74) is 1.27. The number of pyridine rings is 1. The summed E-state index contributed by atoms with van der Waals surface area (Å²) in [7, 11) is 2.98. The second kappa shape index (κ2) is 12.6. The largest absolute Gasteiger partial charge is 0.491 e. The van der Waals surface area contributed by atoms with Crippen molar-refractivity contribution in [2.45, 2.75) is 19.0 Å². The van der Waals surface area contributed by atoms with Gasteiger partial charge in [-0.1, -0.05) is 12.1 Å². The van der Waals surface area contributed by atoms with E-state index in [4.69, 9.17) is 9.57 Å². The Balaban J connectivity index is 1.44. The minimum atomic E-state index is -4.23. The van der Waals surface area contributed by atoms with Gasteiger partial charge in [0, 0.05) is 46.0 Å². The van der Waals surface area contributed by atoms with Crippen LogP contribution in [0.3, 0.4) is 0 Å². The quantitative estimate of drug-likeness (QED) is 0.377. The maximum atomic E-state index is 12.5. The molecule has 1 saturated heterocycles. The lowest BCUT2D eigenvalue weighted by molar-refractivity contribution is -0.139. The van der Waals surface area contributed by atoms with Gasteiger partial charge in [-0.3, -0.25) is 14.5 Å². The second-order valence-electron chi connectivity index (χ2n) is 8.18. The van der Waals surface area contributed by atoms with Crippen molar-refractivity contribution in [3.63, 3.8) is 0 Å². The van der Waals surface area contributed by atoms with Gasteiger partial charge < -0.3 is 15.0 Å². The summed E-state index contributed by atoms with van der Waals surface area (Å²) < 4.78 is 42.8. The fraction of sp³-hybridized carbons (Fsp3) is 0.500. The molecular weight excluding hydrogens is 463 g/mol. The predicted octanol–water partition coefficient (Wildman–Crippen LogP) is 3.67. The Morgan fingerprint density at radius 3 is 2.60 bits per heavy atom. The van der Waals surface area contributed by atoms with Crippen molar-refractivity contribution in [1.29, 1.82) is 0 Å². The van der Waals surface area contributed by atoms with Crippen LogP contribution in [-0.2, 0) is 4.84 Å². The molecule has 0 spiro atoms. The molecular formula is C24H32F3N5O3. The Labute approximate surface area is 203 Å².